The molecule has 0 saturated carbocycles. The van der Waals surface area contributed by atoms with E-state index in [2.05, 4.69) is 15.2 Å². The molecule has 0 unspecified atom stereocenters. The molecule has 2 fully saturated rings. The van der Waals surface area contributed by atoms with E-state index in [1.807, 2.05) is 4.90 Å². The van der Waals surface area contributed by atoms with Crippen LogP contribution in [0.1, 0.15) is 19.3 Å². The number of halogens is 3. The second kappa shape index (κ2) is 5.58. The van der Waals surface area contributed by atoms with Crippen LogP contribution >= 0.6 is 0 Å². The first kappa shape index (κ1) is 15.6. The van der Waals surface area contributed by atoms with E-state index in [1.54, 1.807) is 23.1 Å². The van der Waals surface area contributed by atoms with E-state index in [0.717, 1.165) is 0 Å². The topological polar surface area (TPSA) is 55.6 Å². The lowest BCUT2D eigenvalue weighted by Gasteiger charge is -2.50. The number of fused-ring (bicyclic) bond motifs is 1. The number of rotatable bonds is 1. The number of anilines is 1. The Hall–Kier alpha value is -1.90. The lowest BCUT2D eigenvalue weighted by Crippen LogP contribution is -2.56. The summed E-state index contributed by atoms with van der Waals surface area (Å²) in [5.41, 5.74) is -0.242. The minimum absolute atomic E-state index is 0.0698. The van der Waals surface area contributed by atoms with Crippen molar-refractivity contribution in [2.24, 2.45) is 11.3 Å². The van der Waals surface area contributed by atoms with Gasteiger partial charge in [0.15, 0.2) is 5.82 Å². The van der Waals surface area contributed by atoms with Crippen LogP contribution in [0.4, 0.5) is 19.0 Å². The highest BCUT2D eigenvalue weighted by atomic mass is 19.4. The maximum atomic E-state index is 13.6. The van der Waals surface area contributed by atoms with E-state index in [1.165, 1.54) is 0 Å². The minimum Gasteiger partial charge on any atom is -0.381 e. The second-order valence-corrected chi connectivity index (χ2v) is 6.59. The quantitative estimate of drug-likeness (QED) is 0.797. The van der Waals surface area contributed by atoms with Crippen LogP contribution < -0.4 is 4.90 Å². The van der Waals surface area contributed by atoms with Gasteiger partial charge in [-0.15, -0.1) is 10.2 Å². The van der Waals surface area contributed by atoms with Crippen molar-refractivity contribution in [3.8, 4) is 0 Å². The normalized spacial score (nSPS) is 24.6. The summed E-state index contributed by atoms with van der Waals surface area (Å²) >= 11 is 0. The SMILES string of the molecule is FC(F)(F)[C@@H]1CCN(c2nccn3cnnc23)CC12CCOCC2. The Labute approximate surface area is 136 Å². The number of aromatic nitrogens is 4. The van der Waals surface area contributed by atoms with Crippen molar-refractivity contribution in [2.45, 2.75) is 25.4 Å². The molecule has 0 bridgehead atoms. The third kappa shape index (κ3) is 2.51. The zero-order valence-corrected chi connectivity index (χ0v) is 13.0. The first-order valence-corrected chi connectivity index (χ1v) is 8.03. The van der Waals surface area contributed by atoms with Gasteiger partial charge in [-0.3, -0.25) is 4.40 Å². The molecule has 24 heavy (non-hydrogen) atoms. The first-order chi connectivity index (χ1) is 11.5. The number of alkyl halides is 3. The van der Waals surface area contributed by atoms with Crippen LogP contribution in [0.15, 0.2) is 18.7 Å². The molecule has 2 aliphatic heterocycles. The van der Waals surface area contributed by atoms with Crippen molar-refractivity contribution in [1.82, 2.24) is 19.6 Å². The Morgan fingerprint density at radius 1 is 1.25 bits per heavy atom. The van der Waals surface area contributed by atoms with Gasteiger partial charge in [-0.25, -0.2) is 4.98 Å². The summed E-state index contributed by atoms with van der Waals surface area (Å²) in [5.74, 6) is -0.691. The molecule has 4 heterocycles. The third-order valence-corrected chi connectivity index (χ3v) is 5.31. The molecule has 0 aromatic carbocycles. The summed E-state index contributed by atoms with van der Waals surface area (Å²) in [5, 5.41) is 7.92. The molecule has 9 heteroatoms. The van der Waals surface area contributed by atoms with Crippen molar-refractivity contribution in [2.75, 3.05) is 31.2 Å². The highest BCUT2D eigenvalue weighted by molar-refractivity contribution is 5.63. The number of hydrogen-bond donors (Lipinski definition) is 0. The van der Waals surface area contributed by atoms with Crippen LogP contribution in [-0.2, 0) is 4.74 Å². The molecule has 0 aliphatic carbocycles. The van der Waals surface area contributed by atoms with Gasteiger partial charge in [-0.2, -0.15) is 13.2 Å². The molecule has 2 aromatic rings. The molecule has 0 radical (unpaired) electrons. The highest BCUT2D eigenvalue weighted by Gasteiger charge is 2.56. The molecule has 2 aliphatic rings. The third-order valence-electron chi connectivity index (χ3n) is 5.31. The zero-order chi connectivity index (χ0) is 16.8. The Morgan fingerprint density at radius 2 is 2.04 bits per heavy atom. The first-order valence-electron chi connectivity index (χ1n) is 8.03. The fourth-order valence-electron chi connectivity index (χ4n) is 4.10. The molecule has 2 aromatic heterocycles. The van der Waals surface area contributed by atoms with Crippen LogP contribution in [0.3, 0.4) is 0 Å². The van der Waals surface area contributed by atoms with E-state index in [0.29, 0.717) is 50.6 Å². The molecule has 1 atom stereocenters. The monoisotopic (exact) mass is 341 g/mol. The molecule has 1 spiro atoms. The number of piperidine rings is 1. The minimum atomic E-state index is -4.18. The molecular formula is C15H18F3N5O. The lowest BCUT2D eigenvalue weighted by atomic mass is 9.65. The van der Waals surface area contributed by atoms with Crippen LogP contribution in [0, 0.1) is 11.3 Å². The van der Waals surface area contributed by atoms with Crippen LogP contribution in [-0.4, -0.2) is 52.1 Å². The van der Waals surface area contributed by atoms with Crippen molar-refractivity contribution >= 4 is 11.5 Å². The predicted octanol–water partition coefficient (Wildman–Crippen LogP) is 2.31. The van der Waals surface area contributed by atoms with Gasteiger partial charge in [0.1, 0.15) is 6.33 Å². The molecule has 2 saturated heterocycles. The smallest absolute Gasteiger partial charge is 0.381 e. The van der Waals surface area contributed by atoms with Gasteiger partial charge in [0.25, 0.3) is 0 Å². The van der Waals surface area contributed by atoms with Crippen molar-refractivity contribution < 1.29 is 17.9 Å². The van der Waals surface area contributed by atoms with Crippen molar-refractivity contribution in [3.63, 3.8) is 0 Å². The van der Waals surface area contributed by atoms with Crippen LogP contribution in [0.5, 0.6) is 0 Å². The highest BCUT2D eigenvalue weighted by Crippen LogP contribution is 2.51. The van der Waals surface area contributed by atoms with E-state index in [-0.39, 0.29) is 6.42 Å². The van der Waals surface area contributed by atoms with Gasteiger partial charge in [-0.05, 0) is 19.3 Å². The number of ether oxygens (including phenoxy) is 1. The molecule has 0 amide bonds. The van der Waals surface area contributed by atoms with E-state index in [9.17, 15) is 13.2 Å². The predicted molar refractivity (Wildman–Crippen MR) is 79.6 cm³/mol. The van der Waals surface area contributed by atoms with Gasteiger partial charge in [-0.1, -0.05) is 0 Å². The number of hydrogen-bond acceptors (Lipinski definition) is 5. The molecule has 6 nitrogen and oxygen atoms in total. The van der Waals surface area contributed by atoms with Gasteiger partial charge < -0.3 is 9.64 Å². The standard InChI is InChI=1S/C15H18F3N5O/c16-15(17,18)11-1-5-22(9-14(11)2-7-24-8-3-14)12-13-21-20-10-23(13)6-4-19-12/h4,6,10-11H,1-3,5,7-9H2/t11-/m1/s1. The fraction of sp³-hybridized carbons (Fsp3) is 0.667. The summed E-state index contributed by atoms with van der Waals surface area (Å²) in [6.07, 6.45) is 1.64. The van der Waals surface area contributed by atoms with Gasteiger partial charge in [0, 0.05) is 44.1 Å². The summed E-state index contributed by atoms with van der Waals surface area (Å²) in [7, 11) is 0. The molecular weight excluding hydrogens is 323 g/mol. The van der Waals surface area contributed by atoms with Crippen molar-refractivity contribution in [1.29, 1.82) is 0 Å². The largest absolute Gasteiger partial charge is 0.392 e. The summed E-state index contributed by atoms with van der Waals surface area (Å²) in [6.45, 7) is 1.39. The summed E-state index contributed by atoms with van der Waals surface area (Å²) in [6, 6.07) is 0. The molecule has 130 valence electrons. The van der Waals surface area contributed by atoms with E-state index < -0.39 is 17.5 Å². The Bertz CT molecular complexity index is 725. The average molecular weight is 341 g/mol. The maximum Gasteiger partial charge on any atom is 0.392 e. The van der Waals surface area contributed by atoms with Gasteiger partial charge >= 0.3 is 6.18 Å². The van der Waals surface area contributed by atoms with Gasteiger partial charge in [0.05, 0.1) is 5.92 Å². The Morgan fingerprint density at radius 3 is 2.79 bits per heavy atom. The maximum absolute atomic E-state index is 13.6. The Balaban J connectivity index is 1.69. The second-order valence-electron chi connectivity index (χ2n) is 6.59. The summed E-state index contributed by atoms with van der Waals surface area (Å²) in [4.78, 5) is 6.29. The Kier molecular flexibility index (Phi) is 3.63. The van der Waals surface area contributed by atoms with Gasteiger partial charge in [0.2, 0.25) is 5.65 Å². The van der Waals surface area contributed by atoms with E-state index >= 15 is 0 Å². The summed E-state index contributed by atoms with van der Waals surface area (Å²) < 4.78 is 47.9. The molecule has 0 N–H and O–H groups in total. The zero-order valence-electron chi connectivity index (χ0n) is 13.0. The van der Waals surface area contributed by atoms with E-state index in [4.69, 9.17) is 4.74 Å². The van der Waals surface area contributed by atoms with Crippen molar-refractivity contribution in [3.05, 3.63) is 18.7 Å². The number of nitrogens with zero attached hydrogens (tertiary/aromatic N) is 5. The van der Waals surface area contributed by atoms with Crippen LogP contribution in [0.2, 0.25) is 0 Å². The van der Waals surface area contributed by atoms with Crippen LogP contribution in [0.25, 0.3) is 5.65 Å². The average Bonchev–Trinajstić information content (AvgIpc) is 3.03. The lowest BCUT2D eigenvalue weighted by molar-refractivity contribution is -0.223. The molecule has 4 rings (SSSR count). The fourth-order valence-corrected chi connectivity index (χ4v) is 4.10.